The number of fused-ring (bicyclic) bond motifs is 1. The Hall–Kier alpha value is -2.99. The summed E-state index contributed by atoms with van der Waals surface area (Å²) in [6.07, 6.45) is 5.25. The number of para-hydroxylation sites is 1. The number of thiazole rings is 1. The maximum Gasteiger partial charge on any atom is 0.281 e. The number of nitrogens with zero attached hydrogens (tertiary/aromatic N) is 3. The van der Waals surface area contributed by atoms with Crippen molar-refractivity contribution in [2.75, 3.05) is 0 Å². The molecule has 0 radical (unpaired) electrons. The van der Waals surface area contributed by atoms with Gasteiger partial charge in [0.2, 0.25) is 0 Å². The number of amides is 1. The molecule has 1 amide bonds. The smallest absolute Gasteiger partial charge is 0.281 e. The Balaban J connectivity index is 1.80. The van der Waals surface area contributed by atoms with Gasteiger partial charge in [-0.15, -0.1) is 11.3 Å². The molecule has 0 fully saturated rings. The van der Waals surface area contributed by atoms with Crippen LogP contribution in [0.5, 0.6) is 0 Å². The zero-order valence-corrected chi connectivity index (χ0v) is 12.8. The SMILES string of the molecule is O=C(/N=c1\sccn1-c1ccccc1)c1c[nH]c2ncccc12. The summed E-state index contributed by atoms with van der Waals surface area (Å²) in [6.45, 7) is 0. The van der Waals surface area contributed by atoms with Crippen molar-refractivity contribution in [3.8, 4) is 5.69 Å². The number of rotatable bonds is 2. The van der Waals surface area contributed by atoms with E-state index in [1.807, 2.05) is 58.6 Å². The van der Waals surface area contributed by atoms with Gasteiger partial charge in [-0.3, -0.25) is 9.36 Å². The molecule has 0 atom stereocenters. The first kappa shape index (κ1) is 13.7. The third-order valence-electron chi connectivity index (χ3n) is 3.50. The van der Waals surface area contributed by atoms with Crippen LogP contribution in [0.25, 0.3) is 16.7 Å². The van der Waals surface area contributed by atoms with Crippen LogP contribution in [-0.2, 0) is 0 Å². The summed E-state index contributed by atoms with van der Waals surface area (Å²) in [7, 11) is 0. The van der Waals surface area contributed by atoms with Crippen molar-refractivity contribution >= 4 is 28.3 Å². The molecule has 4 aromatic rings. The number of carbonyl (C=O) groups is 1. The fraction of sp³-hybridized carbons (Fsp3) is 0. The lowest BCUT2D eigenvalue weighted by Gasteiger charge is -2.01. The number of aromatic amines is 1. The predicted molar refractivity (Wildman–Crippen MR) is 89.6 cm³/mol. The van der Waals surface area contributed by atoms with Crippen LogP contribution < -0.4 is 4.80 Å². The molecule has 3 aromatic heterocycles. The molecule has 0 aliphatic carbocycles. The predicted octanol–water partition coefficient (Wildman–Crippen LogP) is 3.16. The summed E-state index contributed by atoms with van der Waals surface area (Å²) in [6, 6.07) is 13.5. The maximum atomic E-state index is 12.5. The third-order valence-corrected chi connectivity index (χ3v) is 4.26. The lowest BCUT2D eigenvalue weighted by Crippen LogP contribution is -2.14. The first-order chi connectivity index (χ1) is 11.3. The number of hydrogen-bond acceptors (Lipinski definition) is 3. The molecule has 112 valence electrons. The number of benzene rings is 1. The average molecular weight is 320 g/mol. The third kappa shape index (κ3) is 2.49. The fourth-order valence-corrected chi connectivity index (χ4v) is 3.14. The summed E-state index contributed by atoms with van der Waals surface area (Å²) < 4.78 is 1.90. The Morgan fingerprint density at radius 3 is 2.91 bits per heavy atom. The van der Waals surface area contributed by atoms with Crippen molar-refractivity contribution < 1.29 is 4.79 Å². The van der Waals surface area contributed by atoms with Gasteiger partial charge in [0.15, 0.2) is 4.80 Å². The van der Waals surface area contributed by atoms with E-state index in [9.17, 15) is 4.79 Å². The Bertz CT molecular complexity index is 1040. The Morgan fingerprint density at radius 1 is 1.17 bits per heavy atom. The van der Waals surface area contributed by atoms with Gasteiger partial charge in [0, 0.05) is 35.0 Å². The van der Waals surface area contributed by atoms with Gasteiger partial charge in [-0.25, -0.2) is 4.98 Å². The minimum Gasteiger partial charge on any atom is -0.345 e. The zero-order valence-electron chi connectivity index (χ0n) is 12.0. The van der Waals surface area contributed by atoms with Crippen molar-refractivity contribution in [1.82, 2.24) is 14.5 Å². The summed E-state index contributed by atoms with van der Waals surface area (Å²) in [5, 5.41) is 2.69. The molecule has 0 aliphatic heterocycles. The first-order valence-electron chi connectivity index (χ1n) is 7.06. The molecule has 6 heteroatoms. The van der Waals surface area contributed by atoms with Crippen molar-refractivity contribution in [2.24, 2.45) is 4.99 Å². The first-order valence-corrected chi connectivity index (χ1v) is 7.93. The molecule has 1 N–H and O–H groups in total. The monoisotopic (exact) mass is 320 g/mol. The number of carbonyl (C=O) groups excluding carboxylic acids is 1. The molecule has 0 aliphatic rings. The van der Waals surface area contributed by atoms with E-state index in [0.717, 1.165) is 11.1 Å². The quantitative estimate of drug-likeness (QED) is 0.616. The van der Waals surface area contributed by atoms with E-state index in [4.69, 9.17) is 0 Å². The number of hydrogen-bond donors (Lipinski definition) is 1. The molecule has 5 nitrogen and oxygen atoms in total. The zero-order chi connectivity index (χ0) is 15.6. The highest BCUT2D eigenvalue weighted by Gasteiger charge is 2.12. The highest BCUT2D eigenvalue weighted by molar-refractivity contribution is 7.07. The van der Waals surface area contributed by atoms with Gasteiger partial charge in [0.1, 0.15) is 5.65 Å². The van der Waals surface area contributed by atoms with Gasteiger partial charge >= 0.3 is 0 Å². The molecule has 3 heterocycles. The lowest BCUT2D eigenvalue weighted by atomic mass is 10.2. The van der Waals surface area contributed by atoms with Gasteiger partial charge in [-0.1, -0.05) is 18.2 Å². The van der Waals surface area contributed by atoms with Gasteiger partial charge in [0.05, 0.1) is 5.56 Å². The summed E-state index contributed by atoms with van der Waals surface area (Å²) >= 11 is 1.43. The molecule has 0 saturated heterocycles. The molecular formula is C17H12N4OS. The largest absolute Gasteiger partial charge is 0.345 e. The second kappa shape index (κ2) is 5.66. The van der Waals surface area contributed by atoms with Crippen LogP contribution in [0.3, 0.4) is 0 Å². The molecule has 4 rings (SSSR count). The molecule has 0 bridgehead atoms. The van der Waals surface area contributed by atoms with Crippen LogP contribution in [0.15, 0.2) is 71.4 Å². The summed E-state index contributed by atoms with van der Waals surface area (Å²) in [4.78, 5) is 24.7. The minimum absolute atomic E-state index is 0.281. The van der Waals surface area contributed by atoms with E-state index < -0.39 is 0 Å². The standard InChI is InChI=1S/C17H12N4OS/c22-16(14-11-19-15-13(14)7-4-8-18-15)20-17-21(9-10-23-17)12-5-2-1-3-6-12/h1-11H,(H,18,19)/b20-17-. The van der Waals surface area contributed by atoms with Gasteiger partial charge in [-0.2, -0.15) is 4.99 Å². The van der Waals surface area contributed by atoms with Crippen LogP contribution in [0.1, 0.15) is 10.4 Å². The minimum atomic E-state index is -0.281. The lowest BCUT2D eigenvalue weighted by molar-refractivity contribution is 0.0999. The summed E-state index contributed by atoms with van der Waals surface area (Å²) in [5.74, 6) is -0.281. The van der Waals surface area contributed by atoms with Crippen LogP contribution in [0, 0.1) is 0 Å². The second-order valence-electron chi connectivity index (χ2n) is 4.91. The maximum absolute atomic E-state index is 12.5. The molecular weight excluding hydrogens is 308 g/mol. The van der Waals surface area contributed by atoms with Gasteiger partial charge in [-0.05, 0) is 24.3 Å². The van der Waals surface area contributed by atoms with E-state index in [1.165, 1.54) is 11.3 Å². The molecule has 0 saturated carbocycles. The van der Waals surface area contributed by atoms with Crippen LogP contribution in [0.2, 0.25) is 0 Å². The van der Waals surface area contributed by atoms with Crippen LogP contribution >= 0.6 is 11.3 Å². The number of H-pyrrole nitrogens is 1. The number of aromatic nitrogens is 3. The average Bonchev–Trinajstić information content (AvgIpc) is 3.22. The number of nitrogens with one attached hydrogen (secondary N) is 1. The Kier molecular flexibility index (Phi) is 3.36. The van der Waals surface area contributed by atoms with Gasteiger partial charge in [0.25, 0.3) is 5.91 Å². The topological polar surface area (TPSA) is 63.0 Å². The number of pyridine rings is 1. The molecule has 1 aromatic carbocycles. The summed E-state index contributed by atoms with van der Waals surface area (Å²) in [5.41, 5.74) is 2.19. The molecule has 0 spiro atoms. The van der Waals surface area contributed by atoms with E-state index in [0.29, 0.717) is 16.0 Å². The normalized spacial score (nSPS) is 11.9. The van der Waals surface area contributed by atoms with Crippen molar-refractivity contribution in [1.29, 1.82) is 0 Å². The fourth-order valence-electron chi connectivity index (χ4n) is 2.42. The highest BCUT2D eigenvalue weighted by Crippen LogP contribution is 2.16. The van der Waals surface area contributed by atoms with Crippen molar-refractivity contribution in [3.05, 3.63) is 76.8 Å². The van der Waals surface area contributed by atoms with Crippen LogP contribution in [-0.4, -0.2) is 20.4 Å². The van der Waals surface area contributed by atoms with Crippen LogP contribution in [0.4, 0.5) is 0 Å². The van der Waals surface area contributed by atoms with E-state index in [2.05, 4.69) is 15.0 Å². The van der Waals surface area contributed by atoms with E-state index in [1.54, 1.807) is 12.4 Å². The molecule has 23 heavy (non-hydrogen) atoms. The van der Waals surface area contributed by atoms with Crippen molar-refractivity contribution in [3.63, 3.8) is 0 Å². The Morgan fingerprint density at radius 2 is 2.04 bits per heavy atom. The second-order valence-corrected chi connectivity index (χ2v) is 5.78. The van der Waals surface area contributed by atoms with E-state index in [-0.39, 0.29) is 5.91 Å². The van der Waals surface area contributed by atoms with E-state index >= 15 is 0 Å². The van der Waals surface area contributed by atoms with Gasteiger partial charge < -0.3 is 4.98 Å². The Labute approximate surface area is 135 Å². The molecule has 0 unspecified atom stereocenters. The highest BCUT2D eigenvalue weighted by atomic mass is 32.1. The van der Waals surface area contributed by atoms with Crippen molar-refractivity contribution in [2.45, 2.75) is 0 Å².